The van der Waals surface area contributed by atoms with Crippen molar-refractivity contribution in [3.8, 4) is 0 Å². The van der Waals surface area contributed by atoms with Crippen LogP contribution in [0.5, 0.6) is 0 Å². The van der Waals surface area contributed by atoms with E-state index in [4.69, 9.17) is 0 Å². The van der Waals surface area contributed by atoms with E-state index < -0.39 is 0 Å². The van der Waals surface area contributed by atoms with Gasteiger partial charge in [-0.05, 0) is 48.2 Å². The summed E-state index contributed by atoms with van der Waals surface area (Å²) in [6.45, 7) is 6.23. The smallest absolute Gasteiger partial charge is 0.663 e. The minimum absolute atomic E-state index is 0. The Balaban J connectivity index is 0.000000184. The van der Waals surface area contributed by atoms with Crippen molar-refractivity contribution in [1.29, 1.82) is 0 Å². The van der Waals surface area contributed by atoms with E-state index in [1.807, 2.05) is 42.8 Å². The summed E-state index contributed by atoms with van der Waals surface area (Å²) < 4.78 is 4.59. The molecule has 0 aromatic heterocycles. The summed E-state index contributed by atoms with van der Waals surface area (Å²) in [5, 5.41) is 7.59. The summed E-state index contributed by atoms with van der Waals surface area (Å²) in [5.74, 6) is 0. The number of rotatable bonds is 6. The van der Waals surface area contributed by atoms with Gasteiger partial charge in [0, 0.05) is 31.4 Å². The average Bonchev–Trinajstić information content (AvgIpc) is 3.63. The second kappa shape index (κ2) is 16.0. The summed E-state index contributed by atoms with van der Waals surface area (Å²) in [6, 6.07) is 22.1. The van der Waals surface area contributed by atoms with Gasteiger partial charge in [-0.3, -0.25) is 0 Å². The molecule has 6 rings (SSSR count). The van der Waals surface area contributed by atoms with Crippen LogP contribution in [0.4, 0.5) is 0 Å². The Labute approximate surface area is 264 Å². The molecule has 0 bridgehead atoms. The van der Waals surface area contributed by atoms with Gasteiger partial charge in [-0.2, -0.15) is 19.5 Å². The quantitative estimate of drug-likeness (QED) is 0.206. The third-order valence-corrected chi connectivity index (χ3v) is 8.26. The van der Waals surface area contributed by atoms with Crippen molar-refractivity contribution in [2.24, 2.45) is 0 Å². The van der Waals surface area contributed by atoms with E-state index in [1.165, 1.54) is 11.1 Å². The first-order valence-corrected chi connectivity index (χ1v) is 15.6. The van der Waals surface area contributed by atoms with E-state index in [1.54, 1.807) is 23.9 Å². The van der Waals surface area contributed by atoms with Crippen LogP contribution in [0.1, 0.15) is 23.2 Å². The van der Waals surface area contributed by atoms with E-state index in [9.17, 15) is 0 Å². The van der Waals surface area contributed by atoms with Gasteiger partial charge in [0.15, 0.2) is 0 Å². The van der Waals surface area contributed by atoms with Crippen LogP contribution in [0.2, 0.25) is 0 Å². The van der Waals surface area contributed by atoms with Crippen LogP contribution in [0.3, 0.4) is 0 Å². The molecule has 0 unspecified atom stereocenters. The fourth-order valence-corrected chi connectivity index (χ4v) is 6.09. The van der Waals surface area contributed by atoms with Crippen molar-refractivity contribution < 1.29 is 17.1 Å². The second-order valence-corrected chi connectivity index (χ2v) is 11.0. The van der Waals surface area contributed by atoms with Gasteiger partial charge in [0.2, 0.25) is 0 Å². The molecular weight excluding hydrogens is 588 g/mol. The zero-order valence-corrected chi connectivity index (χ0v) is 25.9. The van der Waals surface area contributed by atoms with E-state index >= 15 is 0 Å². The van der Waals surface area contributed by atoms with Gasteiger partial charge in [0.05, 0.1) is 5.70 Å². The van der Waals surface area contributed by atoms with Crippen LogP contribution in [0.15, 0.2) is 133 Å². The first kappa shape index (κ1) is 31.2. The van der Waals surface area contributed by atoms with E-state index in [0.717, 1.165) is 24.5 Å². The number of hydrogen-bond donors (Lipinski definition) is 1. The van der Waals surface area contributed by atoms with Crippen LogP contribution in [0, 0.1) is 13.3 Å². The number of hydrogen-bond acceptors (Lipinski definition) is 7. The predicted molar refractivity (Wildman–Crippen MR) is 170 cm³/mol. The Hall–Kier alpha value is -2.78. The van der Waals surface area contributed by atoms with Crippen LogP contribution in [-0.2, 0) is 17.1 Å². The minimum atomic E-state index is 0. The van der Waals surface area contributed by atoms with E-state index in [2.05, 4.69) is 134 Å². The number of allylic oxidation sites excluding steroid dienone is 6. The minimum Gasteiger partial charge on any atom is -0.663 e. The first-order valence-electron chi connectivity index (χ1n) is 13.3. The largest absolute Gasteiger partial charge is 3.00 e. The fourth-order valence-electron chi connectivity index (χ4n) is 4.77. The van der Waals surface area contributed by atoms with Crippen molar-refractivity contribution in [3.05, 3.63) is 163 Å². The summed E-state index contributed by atoms with van der Waals surface area (Å²) in [6.07, 6.45) is 24.3. The number of nitrogens with zero attached hydrogens (tertiary/aromatic N) is 5. The second-order valence-electron chi connectivity index (χ2n) is 9.39. The Morgan fingerprint density at radius 2 is 1.32 bits per heavy atom. The maximum atomic E-state index is 4.35. The number of nitrogens with one attached hydrogen (secondary N) is 1. The molecule has 1 N–H and O–H groups in total. The van der Waals surface area contributed by atoms with Gasteiger partial charge >= 0.3 is 17.1 Å². The third kappa shape index (κ3) is 8.61. The maximum Gasteiger partial charge on any atom is 3.00 e. The van der Waals surface area contributed by atoms with Crippen LogP contribution < -0.4 is 5.32 Å². The van der Waals surface area contributed by atoms with Crippen LogP contribution in [0.25, 0.3) is 5.32 Å². The molecule has 2 fully saturated rings. The van der Waals surface area contributed by atoms with Gasteiger partial charge in [-0.1, -0.05) is 85.0 Å². The SMILES string of the molecule is CSN1[CH-]N(/C=C2/C=CC=CN2)C[C@H]1c1ccccc1.CSN1[CH-]N(/C=C2/C=CC=C[N-]2)C[C@H]1c1ccccc1.[Fe+3]. The molecule has 0 saturated carbocycles. The van der Waals surface area contributed by atoms with Crippen molar-refractivity contribution in [2.45, 2.75) is 12.1 Å². The topological polar surface area (TPSA) is 39.1 Å². The molecule has 0 aliphatic carbocycles. The van der Waals surface area contributed by atoms with Gasteiger partial charge in [-0.25, -0.2) is 0 Å². The van der Waals surface area contributed by atoms with Crippen molar-refractivity contribution >= 4 is 23.9 Å². The Kier molecular flexibility index (Phi) is 12.2. The van der Waals surface area contributed by atoms with Crippen molar-refractivity contribution in [3.63, 3.8) is 0 Å². The molecule has 0 spiro atoms. The predicted octanol–water partition coefficient (Wildman–Crippen LogP) is 7.30. The van der Waals surface area contributed by atoms with Gasteiger partial charge in [0.25, 0.3) is 0 Å². The molecule has 2 aromatic rings. The molecule has 1 radical (unpaired) electrons. The molecule has 213 valence electrons. The zero-order chi connectivity index (χ0) is 27.6. The number of benzene rings is 2. The van der Waals surface area contributed by atoms with E-state index in [-0.39, 0.29) is 17.1 Å². The molecule has 4 aliphatic rings. The van der Waals surface area contributed by atoms with Gasteiger partial charge < -0.3 is 29.0 Å². The Bertz CT molecular complexity index is 1180. The maximum absolute atomic E-state index is 4.35. The fraction of sp³-hybridized carbons (Fsp3) is 0.188. The number of dihydropyridines is 1. The normalized spacial score (nSPS) is 23.8. The molecule has 4 heterocycles. The van der Waals surface area contributed by atoms with Crippen LogP contribution >= 0.6 is 23.9 Å². The summed E-state index contributed by atoms with van der Waals surface area (Å²) in [7, 11) is 0. The zero-order valence-electron chi connectivity index (χ0n) is 23.2. The molecule has 2 saturated heterocycles. The third-order valence-electron chi connectivity index (χ3n) is 6.72. The molecule has 4 aliphatic heterocycles. The summed E-state index contributed by atoms with van der Waals surface area (Å²) in [4.78, 5) is 4.44. The standard InChI is InChI=1S/C16H18N3S.C16H17N3S.Fe/c2*1-20-19-13-18(11-15-9-5-6-10-17-15)12-16(19)14-7-3-2-4-8-14;/h2-11,13,16-17H,12H2,1H3;2-11,13,16H,12H2,1H3;/q-1;-2;+3/b2*15-11-;/t2*16-;/m00./s1. The van der Waals surface area contributed by atoms with Gasteiger partial charge in [0.1, 0.15) is 0 Å². The average molecular weight is 624 g/mol. The monoisotopic (exact) mass is 623 g/mol. The molecule has 6 nitrogen and oxygen atoms in total. The first-order chi connectivity index (χ1) is 19.7. The van der Waals surface area contributed by atoms with Gasteiger partial charge in [-0.15, -0.1) is 29.6 Å². The van der Waals surface area contributed by atoms with Crippen molar-refractivity contribution in [1.82, 2.24) is 23.7 Å². The summed E-state index contributed by atoms with van der Waals surface area (Å²) >= 11 is 3.50. The molecule has 2 atom stereocenters. The molecule has 41 heavy (non-hydrogen) atoms. The molecule has 9 heteroatoms. The molecule has 0 amide bonds. The Morgan fingerprint density at radius 3 is 1.80 bits per heavy atom. The molecular formula is C32H35FeN6S2. The molecule has 2 aromatic carbocycles. The van der Waals surface area contributed by atoms with Crippen molar-refractivity contribution in [2.75, 3.05) is 25.6 Å². The Morgan fingerprint density at radius 1 is 0.756 bits per heavy atom. The van der Waals surface area contributed by atoms with E-state index in [0.29, 0.717) is 12.1 Å². The summed E-state index contributed by atoms with van der Waals surface area (Å²) in [5.41, 5.74) is 4.79. The van der Waals surface area contributed by atoms with Crippen LogP contribution in [-0.4, -0.2) is 44.0 Å².